The Morgan fingerprint density at radius 2 is 1.81 bits per heavy atom. The summed E-state index contributed by atoms with van der Waals surface area (Å²) in [7, 11) is 0. The van der Waals surface area contributed by atoms with Gasteiger partial charge in [-0.05, 0) is 55.8 Å². The third kappa shape index (κ3) is 4.48. The molecular formula is C26H21FN2O7. The molecule has 1 saturated heterocycles. The first-order chi connectivity index (χ1) is 17.1. The maximum Gasteiger partial charge on any atom is 0.311 e. The van der Waals surface area contributed by atoms with Crippen LogP contribution < -0.4 is 9.64 Å². The van der Waals surface area contributed by atoms with Gasteiger partial charge in [-0.3, -0.25) is 24.6 Å². The van der Waals surface area contributed by atoms with E-state index in [0.29, 0.717) is 5.75 Å². The van der Waals surface area contributed by atoms with Crippen LogP contribution in [0.5, 0.6) is 11.5 Å². The van der Waals surface area contributed by atoms with Gasteiger partial charge in [0.2, 0.25) is 0 Å². The molecule has 4 rings (SSSR count). The number of carbonyl (C=O) groups excluding carboxylic acids is 2. The Kier molecular flexibility index (Phi) is 6.43. The molecule has 10 heteroatoms. The lowest BCUT2D eigenvalue weighted by atomic mass is 9.94. The topological polar surface area (TPSA) is 130 Å². The first-order valence-electron chi connectivity index (χ1n) is 10.9. The highest BCUT2D eigenvalue weighted by Crippen LogP contribution is 2.44. The van der Waals surface area contributed by atoms with Crippen LogP contribution >= 0.6 is 0 Å². The zero-order valence-electron chi connectivity index (χ0n) is 19.2. The second-order valence-electron chi connectivity index (χ2n) is 8.35. The van der Waals surface area contributed by atoms with Gasteiger partial charge in [-0.1, -0.05) is 24.3 Å². The van der Waals surface area contributed by atoms with Crippen molar-refractivity contribution >= 4 is 28.8 Å². The van der Waals surface area contributed by atoms with Crippen LogP contribution in [0.25, 0.3) is 5.76 Å². The predicted molar refractivity (Wildman–Crippen MR) is 128 cm³/mol. The van der Waals surface area contributed by atoms with Gasteiger partial charge < -0.3 is 14.9 Å². The summed E-state index contributed by atoms with van der Waals surface area (Å²) in [6.45, 7) is 3.63. The van der Waals surface area contributed by atoms with Crippen LogP contribution in [-0.4, -0.2) is 32.9 Å². The Bertz CT molecular complexity index is 1420. The van der Waals surface area contributed by atoms with Gasteiger partial charge in [0.25, 0.3) is 11.7 Å². The molecule has 1 fully saturated rings. The number of halogens is 1. The maximum atomic E-state index is 14.0. The number of ketones is 1. The number of aliphatic hydroxyl groups is 1. The van der Waals surface area contributed by atoms with Crippen LogP contribution in [0.4, 0.5) is 15.8 Å². The zero-order valence-corrected chi connectivity index (χ0v) is 19.2. The molecule has 2 N–H and O–H groups in total. The number of aromatic hydroxyl groups is 1. The number of nitrogens with zero attached hydrogens (tertiary/aromatic N) is 2. The number of anilines is 1. The van der Waals surface area contributed by atoms with Gasteiger partial charge in [0.05, 0.1) is 22.6 Å². The van der Waals surface area contributed by atoms with Crippen molar-refractivity contribution in [1.29, 1.82) is 0 Å². The largest absolute Gasteiger partial charge is 0.507 e. The predicted octanol–water partition coefficient (Wildman–Crippen LogP) is 4.85. The molecule has 36 heavy (non-hydrogen) atoms. The van der Waals surface area contributed by atoms with Gasteiger partial charge in [0, 0.05) is 17.3 Å². The summed E-state index contributed by atoms with van der Waals surface area (Å²) in [5.74, 6) is -3.55. The molecule has 3 aromatic carbocycles. The molecule has 1 aliphatic rings. The summed E-state index contributed by atoms with van der Waals surface area (Å²) in [6, 6.07) is 13.2. The molecule has 0 spiro atoms. The fraction of sp³-hybridized carbons (Fsp3) is 0.154. The number of nitro benzene ring substituents is 1. The molecule has 1 heterocycles. The molecule has 0 saturated carbocycles. The maximum absolute atomic E-state index is 14.0. The number of Topliss-reactive ketones (excluding diaryl/α,β-unsaturated/α-hetero) is 1. The summed E-state index contributed by atoms with van der Waals surface area (Å²) < 4.78 is 19.7. The number of phenolic OH excluding ortho intramolecular Hbond substituents is 1. The van der Waals surface area contributed by atoms with Gasteiger partial charge in [0.15, 0.2) is 5.75 Å². The van der Waals surface area contributed by atoms with E-state index in [1.54, 1.807) is 12.1 Å². The first kappa shape index (κ1) is 24.4. The minimum atomic E-state index is -1.35. The van der Waals surface area contributed by atoms with Crippen LogP contribution in [0.1, 0.15) is 31.0 Å². The molecule has 3 aromatic rings. The smallest absolute Gasteiger partial charge is 0.311 e. The Labute approximate surface area is 204 Å². The summed E-state index contributed by atoms with van der Waals surface area (Å²) >= 11 is 0. The highest BCUT2D eigenvalue weighted by molar-refractivity contribution is 6.51. The number of benzene rings is 3. The van der Waals surface area contributed by atoms with E-state index in [-0.39, 0.29) is 28.5 Å². The lowest BCUT2D eigenvalue weighted by molar-refractivity contribution is -0.385. The van der Waals surface area contributed by atoms with Gasteiger partial charge in [-0.15, -0.1) is 0 Å². The highest BCUT2D eigenvalue weighted by Gasteiger charge is 2.47. The van der Waals surface area contributed by atoms with Crippen molar-refractivity contribution in [2.45, 2.75) is 26.0 Å². The summed E-state index contributed by atoms with van der Waals surface area (Å²) in [5.41, 5.74) is -0.785. The third-order valence-corrected chi connectivity index (χ3v) is 5.52. The molecule has 1 unspecified atom stereocenters. The van der Waals surface area contributed by atoms with E-state index < -0.39 is 45.7 Å². The molecule has 1 amide bonds. The average molecular weight is 492 g/mol. The van der Waals surface area contributed by atoms with Crippen molar-refractivity contribution in [3.8, 4) is 11.5 Å². The fourth-order valence-corrected chi connectivity index (χ4v) is 4.04. The molecule has 1 atom stereocenters. The summed E-state index contributed by atoms with van der Waals surface area (Å²) in [4.78, 5) is 37.9. The van der Waals surface area contributed by atoms with Gasteiger partial charge in [0.1, 0.15) is 17.3 Å². The normalized spacial score (nSPS) is 17.0. The highest BCUT2D eigenvalue weighted by atomic mass is 19.1. The van der Waals surface area contributed by atoms with Crippen LogP contribution in [0.2, 0.25) is 0 Å². The van der Waals surface area contributed by atoms with E-state index in [9.17, 15) is 34.3 Å². The Morgan fingerprint density at radius 3 is 2.47 bits per heavy atom. The minimum absolute atomic E-state index is 0.00812. The lowest BCUT2D eigenvalue weighted by Gasteiger charge is -2.25. The van der Waals surface area contributed by atoms with Crippen molar-refractivity contribution < 1.29 is 33.9 Å². The molecule has 0 aromatic heterocycles. The summed E-state index contributed by atoms with van der Waals surface area (Å²) in [6.07, 6.45) is -0.168. The number of rotatable bonds is 6. The van der Waals surface area contributed by atoms with Crippen molar-refractivity contribution in [2.24, 2.45) is 0 Å². The van der Waals surface area contributed by atoms with E-state index in [4.69, 9.17) is 4.74 Å². The second kappa shape index (κ2) is 9.49. The number of carbonyl (C=O) groups is 2. The monoisotopic (exact) mass is 492 g/mol. The van der Waals surface area contributed by atoms with Crippen molar-refractivity contribution in [1.82, 2.24) is 0 Å². The molecule has 1 aliphatic heterocycles. The number of amides is 1. The lowest BCUT2D eigenvalue weighted by Crippen LogP contribution is -2.29. The van der Waals surface area contributed by atoms with Crippen molar-refractivity contribution in [3.63, 3.8) is 0 Å². The quantitative estimate of drug-likeness (QED) is 0.165. The number of hydrogen-bond acceptors (Lipinski definition) is 7. The fourth-order valence-electron chi connectivity index (χ4n) is 4.04. The number of nitro groups is 1. The van der Waals surface area contributed by atoms with E-state index in [1.165, 1.54) is 30.3 Å². The standard InChI is InChI=1S/C26H21FN2O7/c1-14(2)36-19-8-3-5-16(11-19)24(31)22-23(15-9-10-21(30)20(12-15)29(34)35)28(26(33)25(22)32)18-7-4-6-17(27)13-18/h3-14,23,30-31H,1-2H3/b24-22-. The Hall–Kier alpha value is -4.73. The molecular weight excluding hydrogens is 471 g/mol. The van der Waals surface area contributed by atoms with Crippen LogP contribution in [0, 0.1) is 15.9 Å². The molecule has 9 nitrogen and oxygen atoms in total. The zero-order chi connectivity index (χ0) is 26.1. The second-order valence-corrected chi connectivity index (χ2v) is 8.35. The van der Waals surface area contributed by atoms with Crippen molar-refractivity contribution in [3.05, 3.63) is 99.4 Å². The Balaban J connectivity index is 1.96. The Morgan fingerprint density at radius 1 is 1.08 bits per heavy atom. The molecule has 0 bridgehead atoms. The number of hydrogen-bond donors (Lipinski definition) is 2. The van der Waals surface area contributed by atoms with Gasteiger partial charge in [-0.25, -0.2) is 4.39 Å². The van der Waals surface area contributed by atoms with E-state index >= 15 is 0 Å². The SMILES string of the molecule is CC(C)Oc1cccc(/C(O)=C2/C(=O)C(=O)N(c3cccc(F)c3)C2c2ccc(O)c([N+](=O)[O-])c2)c1. The average Bonchev–Trinajstić information content (AvgIpc) is 3.09. The summed E-state index contributed by atoms with van der Waals surface area (Å²) in [5, 5.41) is 32.6. The van der Waals surface area contributed by atoms with Gasteiger partial charge in [-0.2, -0.15) is 0 Å². The van der Waals surface area contributed by atoms with E-state index in [1.807, 2.05) is 13.8 Å². The molecule has 0 radical (unpaired) electrons. The first-order valence-corrected chi connectivity index (χ1v) is 10.9. The number of ether oxygens (including phenoxy) is 1. The third-order valence-electron chi connectivity index (χ3n) is 5.52. The molecule has 184 valence electrons. The number of aliphatic hydroxyl groups excluding tert-OH is 1. The van der Waals surface area contributed by atoms with E-state index in [2.05, 4.69) is 0 Å². The number of phenols is 1. The minimum Gasteiger partial charge on any atom is -0.507 e. The molecule has 0 aliphatic carbocycles. The van der Waals surface area contributed by atoms with Gasteiger partial charge >= 0.3 is 5.69 Å². The van der Waals surface area contributed by atoms with Crippen LogP contribution in [-0.2, 0) is 9.59 Å². The van der Waals surface area contributed by atoms with E-state index in [0.717, 1.165) is 29.2 Å². The van der Waals surface area contributed by atoms with Crippen molar-refractivity contribution in [2.75, 3.05) is 4.90 Å². The van der Waals surface area contributed by atoms with Crippen LogP contribution in [0.3, 0.4) is 0 Å². The van der Waals surface area contributed by atoms with Crippen LogP contribution in [0.15, 0.2) is 72.3 Å².